The van der Waals surface area contributed by atoms with Gasteiger partial charge in [0.05, 0.1) is 44.7 Å². The van der Waals surface area contributed by atoms with Crippen LogP contribution in [-0.2, 0) is 23.7 Å². The molecule has 1 N–H and O–H groups in total. The van der Waals surface area contributed by atoms with Gasteiger partial charge in [-0.15, -0.1) is 0 Å². The van der Waals surface area contributed by atoms with Gasteiger partial charge in [-0.1, -0.05) is 20.8 Å². The molecule has 3 unspecified atom stereocenters. The number of piperidine rings is 2. The van der Waals surface area contributed by atoms with Crippen LogP contribution in [0.4, 0.5) is 0 Å². The molecular formula is C34H56N2O6. The molecule has 8 heteroatoms. The summed E-state index contributed by atoms with van der Waals surface area (Å²) in [4.78, 5) is 17.1. The summed E-state index contributed by atoms with van der Waals surface area (Å²) in [6.45, 7) is 19.3. The number of nitrogens with zero attached hydrogens (tertiary/aromatic N) is 2. The van der Waals surface area contributed by atoms with Crippen molar-refractivity contribution in [2.24, 2.45) is 34.0 Å². The van der Waals surface area contributed by atoms with Gasteiger partial charge in [-0.25, -0.2) is 4.79 Å². The van der Waals surface area contributed by atoms with Gasteiger partial charge in [-0.05, 0) is 106 Å². The van der Waals surface area contributed by atoms with Gasteiger partial charge in [-0.2, -0.15) is 0 Å². The molecule has 0 aromatic carbocycles. The molecule has 2 spiro atoms. The predicted molar refractivity (Wildman–Crippen MR) is 159 cm³/mol. The minimum atomic E-state index is -0.775. The van der Waals surface area contributed by atoms with Crippen LogP contribution < -0.4 is 0 Å². The lowest BCUT2D eigenvalue weighted by Gasteiger charge is -2.64. The number of carboxylic acids is 1. The highest BCUT2D eigenvalue weighted by molar-refractivity contribution is 5.72. The summed E-state index contributed by atoms with van der Waals surface area (Å²) in [5, 5.41) is 9.68. The number of rotatable bonds is 3. The Morgan fingerprint density at radius 2 is 1.69 bits per heavy atom. The maximum Gasteiger partial charge on any atom is 0.332 e. The third-order valence-electron chi connectivity index (χ3n) is 14.7. The van der Waals surface area contributed by atoms with E-state index in [2.05, 4.69) is 44.4 Å². The summed E-state index contributed by atoms with van der Waals surface area (Å²) < 4.78 is 22.6. The van der Waals surface area contributed by atoms with Crippen molar-refractivity contribution in [2.45, 2.75) is 121 Å². The van der Waals surface area contributed by atoms with E-state index >= 15 is 0 Å². The summed E-state index contributed by atoms with van der Waals surface area (Å²) in [5.41, 5.74) is 1.39. The fraction of sp³-hybridized carbons (Fsp3) is 0.971. The summed E-state index contributed by atoms with van der Waals surface area (Å²) in [6, 6.07) is 0.698. The van der Waals surface area contributed by atoms with Gasteiger partial charge in [0.2, 0.25) is 0 Å². The van der Waals surface area contributed by atoms with Crippen molar-refractivity contribution in [1.82, 2.24) is 9.80 Å². The summed E-state index contributed by atoms with van der Waals surface area (Å²) >= 11 is 0. The number of carboxylic acid groups (broad SMARTS) is 1. The molecule has 5 heterocycles. The molecular weight excluding hydrogens is 532 g/mol. The van der Waals surface area contributed by atoms with Gasteiger partial charge in [0.1, 0.15) is 0 Å². The number of fused-ring (bicyclic) bond motifs is 4. The third kappa shape index (κ3) is 3.97. The topological polar surface area (TPSA) is 80.7 Å². The molecule has 10 atom stereocenters. The Bertz CT molecular complexity index is 1060. The fourth-order valence-electron chi connectivity index (χ4n) is 12.5. The minimum absolute atomic E-state index is 0.0964. The normalized spacial score (nSPS) is 51.4. The Kier molecular flexibility index (Phi) is 7.21. The van der Waals surface area contributed by atoms with E-state index in [0.717, 1.165) is 51.9 Å². The smallest absolute Gasteiger partial charge is 0.332 e. The SMILES string of the molecule is C1CN(C2COC2)CCO1.CO[C@H]1CC[C@]23C[C@]24CC[C@]2(C)C5C(C[C@@]2(C)[C@@H]4CCN3C1(C)C)OC(C(=O)O)C[C@H]5C. The van der Waals surface area contributed by atoms with E-state index in [0.29, 0.717) is 41.4 Å². The summed E-state index contributed by atoms with van der Waals surface area (Å²) in [5.74, 6) is 0.863. The van der Waals surface area contributed by atoms with E-state index in [1.807, 2.05) is 7.11 Å². The molecule has 8 rings (SSSR count). The monoisotopic (exact) mass is 588 g/mol. The molecule has 0 bridgehead atoms. The highest BCUT2D eigenvalue weighted by atomic mass is 16.5. The highest BCUT2D eigenvalue weighted by Gasteiger charge is 2.83. The van der Waals surface area contributed by atoms with E-state index in [-0.39, 0.29) is 22.5 Å². The lowest BCUT2D eigenvalue weighted by Crippen LogP contribution is -2.68. The number of ether oxygens (including phenoxy) is 4. The molecule has 42 heavy (non-hydrogen) atoms. The Balaban J connectivity index is 0.000000243. The van der Waals surface area contributed by atoms with Crippen molar-refractivity contribution in [1.29, 1.82) is 0 Å². The molecule has 0 aromatic rings. The Morgan fingerprint density at radius 3 is 2.33 bits per heavy atom. The van der Waals surface area contributed by atoms with Crippen molar-refractivity contribution >= 4 is 5.97 Å². The molecule has 0 radical (unpaired) electrons. The Hall–Kier alpha value is -0.770. The fourth-order valence-corrected chi connectivity index (χ4v) is 12.5. The summed E-state index contributed by atoms with van der Waals surface area (Å²) in [7, 11) is 1.89. The van der Waals surface area contributed by atoms with Crippen molar-refractivity contribution in [3.8, 4) is 0 Å². The van der Waals surface area contributed by atoms with Gasteiger partial charge in [-0.3, -0.25) is 9.80 Å². The van der Waals surface area contributed by atoms with E-state index in [1.165, 1.54) is 45.1 Å². The molecule has 0 amide bonds. The lowest BCUT2D eigenvalue weighted by atomic mass is 9.45. The maximum absolute atomic E-state index is 11.8. The van der Waals surface area contributed by atoms with Crippen LogP contribution in [0.15, 0.2) is 0 Å². The molecule has 0 aromatic heterocycles. The largest absolute Gasteiger partial charge is 0.479 e. The van der Waals surface area contributed by atoms with Crippen molar-refractivity contribution in [3.63, 3.8) is 0 Å². The first-order valence-corrected chi connectivity index (χ1v) is 17.0. The van der Waals surface area contributed by atoms with Crippen LogP contribution in [0, 0.1) is 34.0 Å². The van der Waals surface area contributed by atoms with E-state index in [1.54, 1.807) is 0 Å². The number of methoxy groups -OCH3 is 1. The van der Waals surface area contributed by atoms with Crippen LogP contribution in [0.2, 0.25) is 0 Å². The van der Waals surface area contributed by atoms with Gasteiger partial charge < -0.3 is 24.1 Å². The molecule has 8 nitrogen and oxygen atoms in total. The quantitative estimate of drug-likeness (QED) is 0.518. The Morgan fingerprint density at radius 1 is 0.952 bits per heavy atom. The van der Waals surface area contributed by atoms with Crippen molar-refractivity contribution in [2.75, 3.05) is 53.2 Å². The molecule has 3 saturated carbocycles. The first kappa shape index (κ1) is 29.9. The zero-order valence-corrected chi connectivity index (χ0v) is 27.0. The number of hydrogen-bond donors (Lipinski definition) is 1. The van der Waals surface area contributed by atoms with Gasteiger partial charge in [0.15, 0.2) is 6.10 Å². The highest BCUT2D eigenvalue weighted by Crippen LogP contribution is 2.83. The van der Waals surface area contributed by atoms with Crippen LogP contribution in [0.5, 0.6) is 0 Å². The van der Waals surface area contributed by atoms with Crippen molar-refractivity contribution < 1.29 is 28.8 Å². The van der Waals surface area contributed by atoms with Crippen LogP contribution in [0.25, 0.3) is 0 Å². The minimum Gasteiger partial charge on any atom is -0.479 e. The molecule has 238 valence electrons. The maximum atomic E-state index is 11.8. The van der Waals surface area contributed by atoms with Gasteiger partial charge in [0.25, 0.3) is 0 Å². The second-order valence-electron chi connectivity index (χ2n) is 16.4. The second-order valence-corrected chi connectivity index (χ2v) is 16.4. The third-order valence-corrected chi connectivity index (χ3v) is 14.7. The molecule has 3 aliphatic carbocycles. The van der Waals surface area contributed by atoms with Gasteiger partial charge in [0, 0.05) is 31.3 Å². The van der Waals surface area contributed by atoms with E-state index in [9.17, 15) is 9.90 Å². The average molecular weight is 589 g/mol. The lowest BCUT2D eigenvalue weighted by molar-refractivity contribution is -0.181. The van der Waals surface area contributed by atoms with E-state index < -0.39 is 12.1 Å². The molecule has 8 fully saturated rings. The van der Waals surface area contributed by atoms with Crippen LogP contribution >= 0.6 is 0 Å². The second kappa shape index (κ2) is 10.1. The zero-order valence-electron chi connectivity index (χ0n) is 27.0. The predicted octanol–water partition coefficient (Wildman–Crippen LogP) is 4.45. The van der Waals surface area contributed by atoms with Crippen LogP contribution in [0.3, 0.4) is 0 Å². The van der Waals surface area contributed by atoms with Crippen LogP contribution in [-0.4, -0.2) is 109 Å². The zero-order chi connectivity index (χ0) is 29.7. The number of hydrogen-bond acceptors (Lipinski definition) is 7. The molecule has 5 aliphatic heterocycles. The van der Waals surface area contributed by atoms with Gasteiger partial charge >= 0.3 is 5.97 Å². The molecule has 8 aliphatic rings. The average Bonchev–Trinajstić information content (AvgIpc) is 3.51. The molecule has 5 saturated heterocycles. The van der Waals surface area contributed by atoms with Crippen LogP contribution in [0.1, 0.15) is 86.0 Å². The van der Waals surface area contributed by atoms with Crippen molar-refractivity contribution in [3.05, 3.63) is 0 Å². The number of morpholine rings is 1. The number of aliphatic carboxylic acids is 1. The summed E-state index contributed by atoms with van der Waals surface area (Å²) in [6.07, 6.45) is 9.23. The first-order chi connectivity index (χ1) is 19.9. The first-order valence-electron chi connectivity index (χ1n) is 17.0. The Labute approximate surface area is 253 Å². The standard InChI is InChI=1S/C27H43NO4.C7H13NO2/c1-16-13-17(22(29)30)32-18-14-25(5)19-8-12-28-23(2,3)20(31-6)7-9-27(28)15-26(19,27)11-10-24(25,4)21(16)18;1-3-9-4-2-8(1)7-5-10-6-7/h16-21H,7-15H2,1-6H3,(H,29,30);7H,1-6H2/t16-,17?,18?,19+,20+,21?,24-,25+,26+,27+;/m1./s1. The number of carbonyl (C=O) groups is 1. The van der Waals surface area contributed by atoms with E-state index in [4.69, 9.17) is 18.9 Å².